The second-order valence-electron chi connectivity index (χ2n) is 5.55. The summed E-state index contributed by atoms with van der Waals surface area (Å²) in [6.07, 6.45) is 7.71. The fraction of sp³-hybridized carbons (Fsp3) is 0.316. The van der Waals surface area contributed by atoms with Gasteiger partial charge >= 0.3 is 0 Å². The van der Waals surface area contributed by atoms with Crippen molar-refractivity contribution in [2.75, 3.05) is 0 Å². The fourth-order valence-corrected chi connectivity index (χ4v) is 2.22. The minimum atomic E-state index is -0.00705. The first-order valence-corrected chi connectivity index (χ1v) is 7.85. The van der Waals surface area contributed by atoms with Crippen molar-refractivity contribution in [3.63, 3.8) is 0 Å². The Morgan fingerprint density at radius 3 is 2.36 bits per heavy atom. The highest BCUT2D eigenvalue weighted by Crippen LogP contribution is 2.09. The highest BCUT2D eigenvalue weighted by Gasteiger charge is 2.02. The van der Waals surface area contributed by atoms with Crippen molar-refractivity contribution in [2.45, 2.75) is 39.3 Å². The number of aromatic nitrogens is 1. The van der Waals surface area contributed by atoms with Crippen LogP contribution in [0.15, 0.2) is 47.4 Å². The Balaban J connectivity index is 2.11. The summed E-state index contributed by atoms with van der Waals surface area (Å²) in [5.74, 6) is 0. The Morgan fingerprint density at radius 2 is 1.77 bits per heavy atom. The van der Waals surface area contributed by atoms with Crippen LogP contribution in [0.1, 0.15) is 37.0 Å². The third-order valence-electron chi connectivity index (χ3n) is 3.83. The van der Waals surface area contributed by atoms with Crippen molar-refractivity contribution in [3.8, 4) is 0 Å². The second kappa shape index (κ2) is 7.76. The SMILES string of the molecule is CCc1ccc(/C=C/c2ccn(CC(N)CC)c(=O)c2)cc1. The number of rotatable bonds is 6. The van der Waals surface area contributed by atoms with Crippen LogP contribution in [-0.2, 0) is 13.0 Å². The van der Waals surface area contributed by atoms with Crippen LogP contribution in [0.25, 0.3) is 12.2 Å². The number of hydrogen-bond acceptors (Lipinski definition) is 2. The van der Waals surface area contributed by atoms with Crippen molar-refractivity contribution in [2.24, 2.45) is 5.73 Å². The molecule has 1 aromatic carbocycles. The second-order valence-corrected chi connectivity index (χ2v) is 5.55. The third-order valence-corrected chi connectivity index (χ3v) is 3.83. The first kappa shape index (κ1) is 16.2. The van der Waals surface area contributed by atoms with E-state index in [-0.39, 0.29) is 11.6 Å². The lowest BCUT2D eigenvalue weighted by Gasteiger charge is -2.11. The van der Waals surface area contributed by atoms with Crippen LogP contribution in [0.4, 0.5) is 0 Å². The Labute approximate surface area is 132 Å². The first-order chi connectivity index (χ1) is 10.6. The van der Waals surface area contributed by atoms with Crippen LogP contribution in [0.3, 0.4) is 0 Å². The molecule has 0 radical (unpaired) electrons. The largest absolute Gasteiger partial charge is 0.326 e. The molecule has 0 spiro atoms. The zero-order valence-electron chi connectivity index (χ0n) is 13.3. The normalized spacial score (nSPS) is 12.7. The highest BCUT2D eigenvalue weighted by atomic mass is 16.1. The summed E-state index contributed by atoms with van der Waals surface area (Å²) < 4.78 is 1.67. The molecule has 0 saturated carbocycles. The molecule has 1 atom stereocenters. The van der Waals surface area contributed by atoms with Gasteiger partial charge in [0.2, 0.25) is 0 Å². The molecule has 1 heterocycles. The van der Waals surface area contributed by atoms with Crippen LogP contribution in [0.5, 0.6) is 0 Å². The summed E-state index contributed by atoms with van der Waals surface area (Å²) in [5.41, 5.74) is 9.26. The quantitative estimate of drug-likeness (QED) is 0.889. The summed E-state index contributed by atoms with van der Waals surface area (Å²) in [4.78, 5) is 12.1. The number of aryl methyl sites for hydroxylation is 1. The molecular weight excluding hydrogens is 272 g/mol. The molecule has 22 heavy (non-hydrogen) atoms. The van der Waals surface area contributed by atoms with E-state index >= 15 is 0 Å². The molecule has 0 aliphatic rings. The van der Waals surface area contributed by atoms with Crippen molar-refractivity contribution in [3.05, 3.63) is 69.6 Å². The minimum Gasteiger partial charge on any atom is -0.326 e. The van der Waals surface area contributed by atoms with Crippen LogP contribution in [-0.4, -0.2) is 10.6 Å². The Hall–Kier alpha value is -2.13. The van der Waals surface area contributed by atoms with Crippen molar-refractivity contribution < 1.29 is 0 Å². The molecule has 0 saturated heterocycles. The van der Waals surface area contributed by atoms with E-state index in [1.54, 1.807) is 10.6 Å². The molecule has 1 aromatic heterocycles. The topological polar surface area (TPSA) is 48.0 Å². The maximum absolute atomic E-state index is 12.1. The Bertz CT molecular complexity index is 683. The van der Waals surface area contributed by atoms with Crippen LogP contribution in [0, 0.1) is 0 Å². The molecule has 3 heteroatoms. The standard InChI is InChI=1S/C19H24N2O/c1-3-15-5-7-16(8-6-15)9-10-17-11-12-21(19(22)13-17)14-18(20)4-2/h5-13,18H,3-4,14,20H2,1-2H3/b10-9+. The molecular formula is C19H24N2O. The van der Waals surface area contributed by atoms with Gasteiger partial charge in [-0.05, 0) is 35.6 Å². The van der Waals surface area contributed by atoms with E-state index in [4.69, 9.17) is 5.73 Å². The molecule has 0 aliphatic heterocycles. The first-order valence-electron chi connectivity index (χ1n) is 7.85. The van der Waals surface area contributed by atoms with Gasteiger partial charge in [0.05, 0.1) is 0 Å². The van der Waals surface area contributed by atoms with Crippen LogP contribution >= 0.6 is 0 Å². The molecule has 0 aliphatic carbocycles. The lowest BCUT2D eigenvalue weighted by Crippen LogP contribution is -2.30. The molecule has 2 N–H and O–H groups in total. The van der Waals surface area contributed by atoms with E-state index in [0.717, 1.165) is 24.0 Å². The smallest absolute Gasteiger partial charge is 0.251 e. The van der Waals surface area contributed by atoms with Gasteiger partial charge < -0.3 is 10.3 Å². The molecule has 0 amide bonds. The van der Waals surface area contributed by atoms with E-state index in [2.05, 4.69) is 31.2 Å². The van der Waals surface area contributed by atoms with Crippen molar-refractivity contribution >= 4 is 12.2 Å². The summed E-state index contributed by atoms with van der Waals surface area (Å²) in [6, 6.07) is 12.1. The van der Waals surface area contributed by atoms with Crippen molar-refractivity contribution in [1.82, 2.24) is 4.57 Å². The van der Waals surface area contributed by atoms with E-state index in [1.807, 2.05) is 31.3 Å². The summed E-state index contributed by atoms with van der Waals surface area (Å²) in [6.45, 7) is 4.73. The monoisotopic (exact) mass is 296 g/mol. The van der Waals surface area contributed by atoms with Gasteiger partial charge in [-0.1, -0.05) is 50.3 Å². The van der Waals surface area contributed by atoms with Gasteiger partial charge in [-0.2, -0.15) is 0 Å². The maximum Gasteiger partial charge on any atom is 0.251 e. The predicted molar refractivity (Wildman–Crippen MR) is 93.7 cm³/mol. The van der Waals surface area contributed by atoms with Gasteiger partial charge in [0.1, 0.15) is 0 Å². The maximum atomic E-state index is 12.1. The number of nitrogens with two attached hydrogens (primary N) is 1. The molecule has 116 valence electrons. The van der Waals surface area contributed by atoms with E-state index in [0.29, 0.717) is 6.54 Å². The lowest BCUT2D eigenvalue weighted by molar-refractivity contribution is 0.527. The zero-order chi connectivity index (χ0) is 15.9. The van der Waals surface area contributed by atoms with Gasteiger partial charge in [0.25, 0.3) is 5.56 Å². The molecule has 0 bridgehead atoms. The van der Waals surface area contributed by atoms with Gasteiger partial charge in [-0.15, -0.1) is 0 Å². The third kappa shape index (κ3) is 4.43. The minimum absolute atomic E-state index is 0.00705. The number of hydrogen-bond donors (Lipinski definition) is 1. The Morgan fingerprint density at radius 1 is 1.09 bits per heavy atom. The Kier molecular flexibility index (Phi) is 5.73. The highest BCUT2D eigenvalue weighted by molar-refractivity contribution is 5.69. The van der Waals surface area contributed by atoms with E-state index < -0.39 is 0 Å². The summed E-state index contributed by atoms with van der Waals surface area (Å²) >= 11 is 0. The van der Waals surface area contributed by atoms with Gasteiger partial charge in [-0.3, -0.25) is 4.79 Å². The van der Waals surface area contributed by atoms with E-state index in [1.165, 1.54) is 5.56 Å². The van der Waals surface area contributed by atoms with Gasteiger partial charge in [-0.25, -0.2) is 0 Å². The average Bonchev–Trinajstić information content (AvgIpc) is 2.55. The van der Waals surface area contributed by atoms with E-state index in [9.17, 15) is 4.79 Å². The summed E-state index contributed by atoms with van der Waals surface area (Å²) in [5, 5.41) is 0. The molecule has 3 nitrogen and oxygen atoms in total. The van der Waals surface area contributed by atoms with Crippen LogP contribution in [0.2, 0.25) is 0 Å². The molecule has 1 unspecified atom stereocenters. The summed E-state index contributed by atoms with van der Waals surface area (Å²) in [7, 11) is 0. The van der Waals surface area contributed by atoms with Crippen LogP contribution < -0.4 is 11.3 Å². The molecule has 0 fully saturated rings. The number of nitrogens with zero attached hydrogens (tertiary/aromatic N) is 1. The number of benzene rings is 1. The zero-order valence-corrected chi connectivity index (χ0v) is 13.3. The van der Waals surface area contributed by atoms with Gasteiger partial charge in [0.15, 0.2) is 0 Å². The van der Waals surface area contributed by atoms with Crippen molar-refractivity contribution in [1.29, 1.82) is 0 Å². The van der Waals surface area contributed by atoms with Gasteiger partial charge in [0, 0.05) is 24.8 Å². The number of pyridine rings is 1. The molecule has 2 rings (SSSR count). The fourth-order valence-electron chi connectivity index (χ4n) is 2.22. The predicted octanol–water partition coefficient (Wildman–Crippen LogP) is 3.32. The lowest BCUT2D eigenvalue weighted by atomic mass is 10.1. The average molecular weight is 296 g/mol. The molecule has 2 aromatic rings.